The second-order valence-electron chi connectivity index (χ2n) is 7.15. The molecule has 2 aliphatic heterocycles. The number of likely N-dealkylation sites (tertiary alicyclic amines) is 1. The fraction of sp³-hybridized carbons (Fsp3) is 0.474. The molecule has 0 saturated carbocycles. The zero-order valence-corrected chi connectivity index (χ0v) is 16.2. The number of ether oxygens (including phenoxy) is 2. The second-order valence-corrected chi connectivity index (χ2v) is 7.15. The lowest BCUT2D eigenvalue weighted by atomic mass is 9.89. The smallest absolute Gasteiger partial charge is 0.475 e. The molecule has 4 rings (SSSR count). The van der Waals surface area contributed by atoms with Gasteiger partial charge in [-0.25, -0.2) is 9.78 Å². The Hall–Kier alpha value is -3.15. The molecule has 12 heteroatoms. The first-order valence-electron chi connectivity index (χ1n) is 9.39. The third-order valence-electron chi connectivity index (χ3n) is 4.85. The molecule has 4 heterocycles. The zero-order chi connectivity index (χ0) is 22.5. The number of carbonyl (C=O) groups excluding carboxylic acids is 1. The van der Waals surface area contributed by atoms with Gasteiger partial charge in [0.2, 0.25) is 5.88 Å². The fourth-order valence-electron chi connectivity index (χ4n) is 3.51. The van der Waals surface area contributed by atoms with E-state index in [0.29, 0.717) is 24.6 Å². The Morgan fingerprint density at radius 1 is 1.32 bits per heavy atom. The monoisotopic (exact) mass is 443 g/mol. The van der Waals surface area contributed by atoms with Gasteiger partial charge in [-0.05, 0) is 18.9 Å². The van der Waals surface area contributed by atoms with Crippen LogP contribution < -0.4 is 4.74 Å². The van der Waals surface area contributed by atoms with Crippen molar-refractivity contribution in [1.82, 2.24) is 15.0 Å². The number of aliphatic carboxylic acids is 1. The highest BCUT2D eigenvalue weighted by Gasteiger charge is 2.45. The van der Waals surface area contributed by atoms with Gasteiger partial charge in [0.15, 0.2) is 0 Å². The summed E-state index contributed by atoms with van der Waals surface area (Å²) in [6.07, 6.45) is 2.02. The van der Waals surface area contributed by atoms with Gasteiger partial charge in [0.1, 0.15) is 12.4 Å². The van der Waals surface area contributed by atoms with E-state index in [1.54, 1.807) is 6.20 Å². The Morgan fingerprint density at radius 3 is 2.71 bits per heavy atom. The molecule has 0 aromatic carbocycles. The number of amides is 1. The van der Waals surface area contributed by atoms with E-state index in [1.807, 2.05) is 23.1 Å². The topological polar surface area (TPSA) is 115 Å². The first-order chi connectivity index (χ1) is 14.7. The van der Waals surface area contributed by atoms with E-state index >= 15 is 0 Å². The number of carbonyl (C=O) groups is 2. The van der Waals surface area contributed by atoms with Crippen LogP contribution in [0, 0.1) is 0 Å². The van der Waals surface area contributed by atoms with Crippen molar-refractivity contribution in [3.05, 3.63) is 42.4 Å². The van der Waals surface area contributed by atoms with Crippen LogP contribution in [0.15, 0.2) is 41.4 Å². The first kappa shape index (κ1) is 22.5. The summed E-state index contributed by atoms with van der Waals surface area (Å²) in [6, 6.07) is 5.59. The molecule has 0 radical (unpaired) electrons. The van der Waals surface area contributed by atoms with Gasteiger partial charge in [-0.15, -0.1) is 0 Å². The molecule has 2 aromatic rings. The molecule has 9 nitrogen and oxygen atoms in total. The summed E-state index contributed by atoms with van der Waals surface area (Å²) < 4.78 is 48.5. The third-order valence-corrected chi connectivity index (χ3v) is 4.85. The van der Waals surface area contributed by atoms with Gasteiger partial charge in [0.05, 0.1) is 30.5 Å². The van der Waals surface area contributed by atoms with Crippen molar-refractivity contribution in [3.8, 4) is 5.88 Å². The van der Waals surface area contributed by atoms with Crippen LogP contribution in [-0.4, -0.2) is 69.6 Å². The van der Waals surface area contributed by atoms with Gasteiger partial charge in [-0.1, -0.05) is 11.2 Å². The molecule has 31 heavy (non-hydrogen) atoms. The van der Waals surface area contributed by atoms with Crippen LogP contribution in [0.2, 0.25) is 0 Å². The summed E-state index contributed by atoms with van der Waals surface area (Å²) >= 11 is 0. The number of carboxylic acid groups (broad SMARTS) is 1. The van der Waals surface area contributed by atoms with Gasteiger partial charge in [-0.2, -0.15) is 13.2 Å². The molecule has 2 atom stereocenters. The zero-order valence-electron chi connectivity index (χ0n) is 16.2. The Kier molecular flexibility index (Phi) is 6.78. The highest BCUT2D eigenvalue weighted by molar-refractivity contribution is 5.93. The van der Waals surface area contributed by atoms with Crippen molar-refractivity contribution in [2.75, 3.05) is 19.7 Å². The first-order valence-corrected chi connectivity index (χ1v) is 9.39. The van der Waals surface area contributed by atoms with Crippen LogP contribution in [0.5, 0.6) is 5.88 Å². The molecular formula is C19H20F3N3O6. The molecule has 1 N–H and O–H groups in total. The van der Waals surface area contributed by atoms with E-state index in [4.69, 9.17) is 23.9 Å². The largest absolute Gasteiger partial charge is 0.490 e. The van der Waals surface area contributed by atoms with Crippen molar-refractivity contribution < 1.29 is 41.9 Å². The summed E-state index contributed by atoms with van der Waals surface area (Å²) in [5, 5.41) is 10.7. The quantitative estimate of drug-likeness (QED) is 0.770. The molecule has 2 fully saturated rings. The number of pyridine rings is 1. The predicted octanol–water partition coefficient (Wildman–Crippen LogP) is 2.55. The van der Waals surface area contributed by atoms with Crippen molar-refractivity contribution in [2.24, 2.45) is 0 Å². The standard InChI is InChI=1S/C17H19N3O4.C2HF3O2/c21-16(13-9-19-23-10-13)20-7-3-5-17(12-20)8-14(11-22-17)24-15-4-1-2-6-18-15;3-2(4,5)1(6)7/h1-2,4,6,9-10,14H,3,5,7-8,11-12H2;(H,6,7)/t14-,17+;/m1./s1. The normalized spacial score (nSPS) is 23.2. The Labute approximate surface area is 174 Å². The van der Waals surface area contributed by atoms with E-state index in [-0.39, 0.29) is 17.6 Å². The molecule has 2 saturated heterocycles. The maximum atomic E-state index is 12.5. The Balaban J connectivity index is 0.000000339. The SMILES string of the molecule is O=C(O)C(F)(F)F.O=C(c1cnoc1)N1CCC[C@]2(C[C@@H](Oc3ccccn3)CO2)C1. The molecular weight excluding hydrogens is 423 g/mol. The molecule has 2 aliphatic rings. The number of hydrogen-bond donors (Lipinski definition) is 1. The summed E-state index contributed by atoms with van der Waals surface area (Å²) in [5.41, 5.74) is 0.149. The highest BCUT2D eigenvalue weighted by Crippen LogP contribution is 2.36. The maximum Gasteiger partial charge on any atom is 0.490 e. The molecule has 2 aromatic heterocycles. The summed E-state index contributed by atoms with van der Waals surface area (Å²) in [5.74, 6) is -2.21. The average Bonchev–Trinajstić information content (AvgIpc) is 3.39. The molecule has 0 bridgehead atoms. The highest BCUT2D eigenvalue weighted by atomic mass is 19.4. The minimum absolute atomic E-state index is 0.0365. The maximum absolute atomic E-state index is 12.5. The van der Waals surface area contributed by atoms with E-state index in [0.717, 1.165) is 25.8 Å². The number of hydrogen-bond acceptors (Lipinski definition) is 7. The molecule has 0 unspecified atom stereocenters. The van der Waals surface area contributed by atoms with Crippen LogP contribution in [-0.2, 0) is 9.53 Å². The second kappa shape index (κ2) is 9.33. The van der Waals surface area contributed by atoms with Gasteiger partial charge >= 0.3 is 12.1 Å². The lowest BCUT2D eigenvalue weighted by Crippen LogP contribution is -2.50. The summed E-state index contributed by atoms with van der Waals surface area (Å²) in [7, 11) is 0. The van der Waals surface area contributed by atoms with Crippen LogP contribution in [0.1, 0.15) is 29.6 Å². The van der Waals surface area contributed by atoms with Crippen molar-refractivity contribution >= 4 is 11.9 Å². The Morgan fingerprint density at radius 2 is 2.10 bits per heavy atom. The van der Waals surface area contributed by atoms with Gasteiger partial charge in [0.25, 0.3) is 5.91 Å². The fourth-order valence-corrected chi connectivity index (χ4v) is 3.51. The molecule has 0 aliphatic carbocycles. The molecule has 1 spiro atoms. The number of carboxylic acids is 1. The van der Waals surface area contributed by atoms with Gasteiger partial charge in [-0.3, -0.25) is 4.79 Å². The summed E-state index contributed by atoms with van der Waals surface area (Å²) in [4.78, 5) is 27.4. The molecule has 1 amide bonds. The van der Waals surface area contributed by atoms with E-state index in [9.17, 15) is 18.0 Å². The molecule has 168 valence electrons. The minimum atomic E-state index is -5.08. The van der Waals surface area contributed by atoms with Crippen molar-refractivity contribution in [2.45, 2.75) is 37.1 Å². The number of alkyl halides is 3. The van der Waals surface area contributed by atoms with E-state index < -0.39 is 12.1 Å². The number of nitrogens with zero attached hydrogens (tertiary/aromatic N) is 3. The van der Waals surface area contributed by atoms with Crippen molar-refractivity contribution in [1.29, 1.82) is 0 Å². The third kappa shape index (κ3) is 5.94. The number of halogens is 3. The summed E-state index contributed by atoms with van der Waals surface area (Å²) in [6.45, 7) is 1.81. The number of rotatable bonds is 3. The van der Waals surface area contributed by atoms with Gasteiger partial charge in [0, 0.05) is 25.2 Å². The number of piperidine rings is 1. The predicted molar refractivity (Wildman–Crippen MR) is 97.3 cm³/mol. The van der Waals surface area contributed by atoms with Crippen LogP contribution >= 0.6 is 0 Å². The van der Waals surface area contributed by atoms with E-state index in [1.165, 1.54) is 12.5 Å². The number of aromatic nitrogens is 2. The van der Waals surface area contributed by atoms with E-state index in [2.05, 4.69) is 10.1 Å². The van der Waals surface area contributed by atoms with Crippen LogP contribution in [0.3, 0.4) is 0 Å². The van der Waals surface area contributed by atoms with Gasteiger partial charge < -0.3 is 24.0 Å². The average molecular weight is 443 g/mol. The Bertz CT molecular complexity index is 878. The van der Waals surface area contributed by atoms with Crippen molar-refractivity contribution in [3.63, 3.8) is 0 Å². The van der Waals surface area contributed by atoms with Crippen LogP contribution in [0.4, 0.5) is 13.2 Å². The minimum Gasteiger partial charge on any atom is -0.475 e. The lowest BCUT2D eigenvalue weighted by molar-refractivity contribution is -0.192. The lowest BCUT2D eigenvalue weighted by Gasteiger charge is -2.39. The van der Waals surface area contributed by atoms with Crippen LogP contribution in [0.25, 0.3) is 0 Å².